The normalized spacial score (nSPS) is 11.5. The molecule has 3 amide bonds. The second kappa shape index (κ2) is 59.6. The summed E-state index contributed by atoms with van der Waals surface area (Å²) in [6, 6.07) is 28.9. The smallest absolute Gasteiger partial charge is 1.00 e. The Labute approximate surface area is 662 Å². The zero-order chi connectivity index (χ0) is 60.2. The first-order chi connectivity index (χ1) is 38.9. The van der Waals surface area contributed by atoms with E-state index in [9.17, 15) is 38.4 Å². The Kier molecular flexibility index (Phi) is 64.4. The number of rotatable bonds is 23. The summed E-state index contributed by atoms with van der Waals surface area (Å²) >= 11 is 15.5. The van der Waals surface area contributed by atoms with Crippen LogP contribution in [0, 0.1) is 0 Å². The fraction of sp³-hybridized carbons (Fsp3) is 0.400. The number of benzene rings is 4. The minimum Gasteiger partial charge on any atom is -1.00 e. The van der Waals surface area contributed by atoms with E-state index in [4.69, 9.17) is 78.4 Å². The van der Waals surface area contributed by atoms with Crippen LogP contribution in [-0.2, 0) is 107 Å². The number of morpholine rings is 2. The maximum atomic E-state index is 11.7. The van der Waals surface area contributed by atoms with Crippen LogP contribution in [0.15, 0.2) is 97.1 Å². The largest absolute Gasteiger partial charge is 1.00 e. The van der Waals surface area contributed by atoms with Crippen LogP contribution >= 0.6 is 34.8 Å². The number of nitrogens with zero attached hydrogens (tertiary/aromatic N) is 2. The number of hydrogen-bond acceptors (Lipinski definition) is 19. The van der Waals surface area contributed by atoms with Crippen LogP contribution in [0.5, 0.6) is 0 Å². The number of anilines is 3. The van der Waals surface area contributed by atoms with Crippen LogP contribution in [0.4, 0.5) is 22.7 Å². The predicted octanol–water partition coefficient (Wildman–Crippen LogP) is -8.12. The summed E-state index contributed by atoms with van der Waals surface area (Å²) in [6.45, 7) is 9.43. The van der Waals surface area contributed by atoms with Gasteiger partial charge >= 0.3 is 191 Å². The molecule has 2 heterocycles. The number of carbonyl (C=O) groups excluding carboxylic acids is 8. The molecule has 0 saturated carbocycles. The molecule has 31 heteroatoms. The van der Waals surface area contributed by atoms with E-state index < -0.39 is 11.2 Å². The second-order valence-corrected chi connectivity index (χ2v) is 17.3. The monoisotopic (exact) mass is 1540 g/mol. The molecule has 6 rings (SSSR count). The summed E-state index contributed by atoms with van der Waals surface area (Å²) < 4.78 is 34.3. The van der Waals surface area contributed by atoms with Gasteiger partial charge in [0.25, 0.3) is 18.3 Å². The van der Waals surface area contributed by atoms with Crippen molar-refractivity contribution in [2.45, 2.75) is 46.5 Å². The Morgan fingerprint density at radius 2 is 0.977 bits per heavy atom. The van der Waals surface area contributed by atoms with Gasteiger partial charge in [0.15, 0.2) is 0 Å². The molecular weight excluding hydrogens is 1470 g/mol. The number of nitrogens with one attached hydrogen (secondary N) is 1. The average molecular weight is 1540 g/mol. The Hall–Kier alpha value is -1.71. The quantitative estimate of drug-likeness (QED) is 0.00715. The summed E-state index contributed by atoms with van der Waals surface area (Å²) in [5.74, 6) is -1.14. The minimum atomic E-state index is -0.861. The first-order valence-electron chi connectivity index (χ1n) is 25.0. The van der Waals surface area contributed by atoms with E-state index in [2.05, 4.69) is 20.7 Å². The molecule has 0 atom stereocenters. The van der Waals surface area contributed by atoms with Crippen LogP contribution < -0.4 is 206 Å². The first-order valence-corrected chi connectivity index (χ1v) is 26.5. The van der Waals surface area contributed by atoms with Crippen LogP contribution in [-0.4, -0.2) is 161 Å². The molecule has 86 heavy (non-hydrogen) atoms. The number of carbonyl (C=O) groups is 9. The van der Waals surface area contributed by atoms with Gasteiger partial charge in [0.1, 0.15) is 32.1 Å². The SMILES string of the molecule is CCOC(=O)Cc1ccc(N2CCOCC2=O)cc1.CCOC(=O)Cc1ccc(NC(=O)COCCCl)cc1.CCOC(=O)Cc1ccc([NH3+])cc1.O=C(Cl)COCCCl.O=C(O)Cc1ccc(N2CCOCC2=O)cc1.O=CO[O-].[Cl-].[Cs+].[Cs+].[H-].[Na+].[OH-]. The van der Waals surface area contributed by atoms with Crippen molar-refractivity contribution >= 4 is 111 Å². The molecule has 0 spiro atoms. The van der Waals surface area contributed by atoms with Gasteiger partial charge in [-0.05, 0) is 103 Å². The summed E-state index contributed by atoms with van der Waals surface area (Å²) in [5.41, 5.74) is 10.4. The van der Waals surface area contributed by atoms with Crippen LogP contribution in [0.2, 0.25) is 0 Å². The third-order valence-electron chi connectivity index (χ3n) is 9.98. The van der Waals surface area contributed by atoms with Gasteiger partial charge in [0.05, 0.1) is 71.9 Å². The topological polar surface area (TPSA) is 347 Å². The van der Waals surface area contributed by atoms with Crippen molar-refractivity contribution in [2.75, 3.05) is 113 Å². The van der Waals surface area contributed by atoms with Crippen molar-refractivity contribution in [1.82, 2.24) is 0 Å². The molecule has 2 aliphatic heterocycles. The molecule has 2 saturated heterocycles. The molecule has 24 nitrogen and oxygen atoms in total. The summed E-state index contributed by atoms with van der Waals surface area (Å²) in [5, 5.41) is 19.3. The Morgan fingerprint density at radius 3 is 1.29 bits per heavy atom. The zero-order valence-corrected chi connectivity index (χ0v) is 66.7. The van der Waals surface area contributed by atoms with E-state index in [-0.39, 0.29) is 274 Å². The fourth-order valence-corrected chi connectivity index (χ4v) is 6.76. The summed E-state index contributed by atoms with van der Waals surface area (Å²) in [4.78, 5) is 103. The maximum absolute atomic E-state index is 11.7. The second-order valence-electron chi connectivity index (χ2n) is 16.1. The van der Waals surface area contributed by atoms with Crippen LogP contribution in [0.1, 0.15) is 44.5 Å². The molecule has 0 radical (unpaired) electrons. The zero-order valence-electron chi connectivity index (χ0n) is 50.1. The molecule has 2 fully saturated rings. The van der Waals surface area contributed by atoms with Crippen LogP contribution in [0.3, 0.4) is 0 Å². The average Bonchev–Trinajstić information content (AvgIpc) is 3.52. The summed E-state index contributed by atoms with van der Waals surface area (Å²) in [7, 11) is 0. The maximum Gasteiger partial charge on any atom is 1.00 e. The molecule has 4 aromatic carbocycles. The summed E-state index contributed by atoms with van der Waals surface area (Å²) in [6.07, 6.45) is 0.817. The number of halogens is 4. The predicted molar refractivity (Wildman–Crippen MR) is 300 cm³/mol. The molecule has 0 bridgehead atoms. The van der Waals surface area contributed by atoms with Crippen molar-refractivity contribution in [2.24, 2.45) is 0 Å². The first kappa shape index (κ1) is 93.0. The van der Waals surface area contributed by atoms with Gasteiger partial charge < -0.3 is 88.6 Å². The van der Waals surface area contributed by atoms with Crippen molar-refractivity contribution in [3.05, 3.63) is 119 Å². The number of aliphatic carboxylic acids is 1. The van der Waals surface area contributed by atoms with Gasteiger partial charge in [-0.2, -0.15) is 0 Å². The van der Waals surface area contributed by atoms with E-state index in [0.29, 0.717) is 83.2 Å². The van der Waals surface area contributed by atoms with E-state index in [1.807, 2.05) is 48.5 Å². The Balaban J connectivity index is -0.000000233. The van der Waals surface area contributed by atoms with E-state index in [1.165, 1.54) is 0 Å². The van der Waals surface area contributed by atoms with Gasteiger partial charge in [-0.3, -0.25) is 43.2 Å². The number of carboxylic acids is 1. The number of carboxylic acid groups (broad SMARTS) is 1. The number of alkyl halides is 2. The number of hydrogen-bond donors (Lipinski definition) is 3. The number of amides is 3. The van der Waals surface area contributed by atoms with Crippen molar-refractivity contribution < 1.29 is 284 Å². The minimum absolute atomic E-state index is 0. The fourth-order valence-electron chi connectivity index (χ4n) is 6.47. The van der Waals surface area contributed by atoms with Crippen LogP contribution in [0.25, 0.3) is 0 Å². The number of quaternary nitrogens is 1. The third-order valence-corrected chi connectivity index (χ3v) is 10.4. The molecule has 6 N–H and O–H groups in total. The van der Waals surface area contributed by atoms with Gasteiger partial charge in [0.2, 0.25) is 11.1 Å². The molecule has 2 aliphatic rings. The van der Waals surface area contributed by atoms with E-state index in [0.717, 1.165) is 39.3 Å². The van der Waals surface area contributed by atoms with Gasteiger partial charge in [-0.15, -0.1) is 23.2 Å². The van der Waals surface area contributed by atoms with Crippen molar-refractivity contribution in [3.8, 4) is 0 Å². The molecular formula is C55H71Cl4Cs2N4NaO20. The van der Waals surface area contributed by atoms with E-state index in [1.54, 1.807) is 79.1 Å². The van der Waals surface area contributed by atoms with Crippen molar-refractivity contribution in [1.29, 1.82) is 0 Å². The number of esters is 3. The van der Waals surface area contributed by atoms with Gasteiger partial charge in [0, 0.05) is 41.9 Å². The number of ether oxygens (including phenoxy) is 7. The Morgan fingerprint density at radius 1 is 0.640 bits per heavy atom. The van der Waals surface area contributed by atoms with Crippen molar-refractivity contribution in [3.63, 3.8) is 0 Å². The molecule has 4 aromatic rings. The van der Waals surface area contributed by atoms with Gasteiger partial charge in [-0.25, -0.2) is 0 Å². The molecule has 462 valence electrons. The van der Waals surface area contributed by atoms with Gasteiger partial charge in [-0.1, -0.05) is 48.5 Å². The van der Waals surface area contributed by atoms with E-state index >= 15 is 0 Å². The third kappa shape index (κ3) is 46.4. The molecule has 0 aromatic heterocycles. The molecule has 0 aliphatic carbocycles. The standard InChI is InChI=1S/C14H18ClNO4.C14H17NO4.C12H13NO4.C10H13NO2.C4H6Cl2O2.CH2O3.ClH.2Cs.Na.H2O.H/c1-2-20-14(18)9-11-3-5-12(6-4-11)16-13(17)10-19-8-7-15;1-2-19-14(17)9-11-3-5-12(6-4-11)15-7-8-18-10-13(15)16;14-11-8-17-6-5-13(11)10-3-1-9(2-4-10)7-12(15)16;1-2-13-10(12)7-8-3-5-9(11)6-4-8;5-1-2-8-3-4(6)7;2-1-4-3;;;;;;/h3-6H,2,7-10H2,1H3,(H,16,17);3-6H,2,7-10H2,1H3;1-4H,5-8H2,(H,15,16);3-6H,2,7,11H2,1H3;1-3H2;1,3H;1H;;;;1H2;/q;;;;;;;3*+1;;-1/p-2. The Bertz CT molecular complexity index is 2530. The molecule has 0 unspecified atom stereocenters.